The topological polar surface area (TPSA) is 59.7 Å². The van der Waals surface area contributed by atoms with Crippen molar-refractivity contribution >= 4 is 48.6 Å². The lowest BCUT2D eigenvalue weighted by Gasteiger charge is -2.05. The predicted octanol–water partition coefficient (Wildman–Crippen LogP) is 6.69. The average Bonchev–Trinajstić information content (AvgIpc) is 3.11. The van der Waals surface area contributed by atoms with Crippen molar-refractivity contribution in [3.8, 4) is 17.2 Å². The molecule has 0 aliphatic carbocycles. The van der Waals surface area contributed by atoms with E-state index in [-0.39, 0.29) is 17.3 Å². The van der Waals surface area contributed by atoms with Gasteiger partial charge in [-0.3, -0.25) is 4.79 Å². The largest absolute Gasteiger partial charge is 0.506 e. The van der Waals surface area contributed by atoms with Gasteiger partial charge in [0.25, 0.3) is 0 Å². The fourth-order valence-electron chi connectivity index (χ4n) is 2.65. The molecule has 134 valence electrons. The van der Waals surface area contributed by atoms with Crippen LogP contribution in [0.15, 0.2) is 80.1 Å². The summed E-state index contributed by atoms with van der Waals surface area (Å²) in [6, 6.07) is 19.5. The van der Waals surface area contributed by atoms with E-state index in [0.717, 1.165) is 5.75 Å². The quantitative estimate of drug-likeness (QED) is 0.326. The van der Waals surface area contributed by atoms with Crippen LogP contribution in [0.4, 0.5) is 0 Å². The summed E-state index contributed by atoms with van der Waals surface area (Å²) in [5.74, 6) is 1.37. The van der Waals surface area contributed by atoms with E-state index in [1.54, 1.807) is 36.4 Å². The maximum atomic E-state index is 12.7. The fourth-order valence-corrected chi connectivity index (χ4v) is 3.85. The SMILES string of the molecule is O=C(c1ccc(Oc2ccccc2)cc1)c1cc2c(Br)c(O)c(Br)cc2o1. The van der Waals surface area contributed by atoms with Crippen LogP contribution in [0, 0.1) is 0 Å². The van der Waals surface area contributed by atoms with Crippen LogP contribution in [0.1, 0.15) is 16.1 Å². The van der Waals surface area contributed by atoms with E-state index in [1.165, 1.54) is 0 Å². The molecule has 4 aromatic rings. The van der Waals surface area contributed by atoms with Gasteiger partial charge in [0.05, 0.1) is 8.95 Å². The summed E-state index contributed by atoms with van der Waals surface area (Å²) in [5, 5.41) is 10.6. The third-order valence-electron chi connectivity index (χ3n) is 4.01. The van der Waals surface area contributed by atoms with Crippen LogP contribution in [0.25, 0.3) is 11.0 Å². The number of benzene rings is 3. The first kappa shape index (κ1) is 17.8. The maximum absolute atomic E-state index is 12.7. The van der Waals surface area contributed by atoms with Crippen molar-refractivity contribution in [2.75, 3.05) is 0 Å². The Hall–Kier alpha value is -2.57. The van der Waals surface area contributed by atoms with Crippen LogP contribution in [0.2, 0.25) is 0 Å². The van der Waals surface area contributed by atoms with Gasteiger partial charge in [-0.1, -0.05) is 18.2 Å². The second kappa shape index (κ2) is 7.21. The highest BCUT2D eigenvalue weighted by atomic mass is 79.9. The highest BCUT2D eigenvalue weighted by molar-refractivity contribution is 9.11. The van der Waals surface area contributed by atoms with Gasteiger partial charge in [-0.2, -0.15) is 0 Å². The number of aromatic hydroxyl groups is 1. The number of ketones is 1. The molecule has 0 radical (unpaired) electrons. The zero-order valence-electron chi connectivity index (χ0n) is 13.8. The Labute approximate surface area is 171 Å². The fraction of sp³-hybridized carbons (Fsp3) is 0. The third-order valence-corrected chi connectivity index (χ3v) is 5.42. The number of hydrogen-bond donors (Lipinski definition) is 1. The van der Waals surface area contributed by atoms with Gasteiger partial charge < -0.3 is 14.3 Å². The third kappa shape index (κ3) is 3.50. The number of carbonyl (C=O) groups is 1. The Morgan fingerprint density at radius 1 is 0.926 bits per heavy atom. The molecule has 6 heteroatoms. The number of halogens is 2. The number of furan rings is 1. The highest BCUT2D eigenvalue weighted by Crippen LogP contribution is 2.40. The van der Waals surface area contributed by atoms with Crippen LogP contribution < -0.4 is 4.74 Å². The molecule has 4 rings (SSSR count). The molecule has 3 aromatic carbocycles. The predicted molar refractivity (Wildman–Crippen MR) is 110 cm³/mol. The Bertz CT molecular complexity index is 1130. The monoisotopic (exact) mass is 486 g/mol. The number of ether oxygens (including phenoxy) is 1. The molecule has 4 nitrogen and oxygen atoms in total. The lowest BCUT2D eigenvalue weighted by molar-refractivity contribution is 0.101. The minimum atomic E-state index is -0.250. The van der Waals surface area contributed by atoms with Crippen LogP contribution in [-0.4, -0.2) is 10.9 Å². The lowest BCUT2D eigenvalue weighted by atomic mass is 10.1. The van der Waals surface area contributed by atoms with E-state index in [0.29, 0.717) is 31.2 Å². The van der Waals surface area contributed by atoms with Gasteiger partial charge in [0.2, 0.25) is 5.78 Å². The normalized spacial score (nSPS) is 10.9. The summed E-state index contributed by atoms with van der Waals surface area (Å²) < 4.78 is 12.4. The molecule has 0 bridgehead atoms. The minimum absolute atomic E-state index is 0.0599. The summed E-state index contributed by atoms with van der Waals surface area (Å²) in [5.41, 5.74) is 0.979. The molecule has 0 fully saturated rings. The van der Waals surface area contributed by atoms with Gasteiger partial charge in [-0.25, -0.2) is 0 Å². The molecule has 0 atom stereocenters. The minimum Gasteiger partial charge on any atom is -0.506 e. The van der Waals surface area contributed by atoms with Crippen LogP contribution in [0.3, 0.4) is 0 Å². The highest BCUT2D eigenvalue weighted by Gasteiger charge is 2.18. The first-order valence-electron chi connectivity index (χ1n) is 8.01. The van der Waals surface area contributed by atoms with Crippen molar-refractivity contribution in [1.29, 1.82) is 0 Å². The molecule has 0 amide bonds. The molecule has 0 unspecified atom stereocenters. The van der Waals surface area contributed by atoms with E-state index < -0.39 is 0 Å². The number of phenols is 1. The summed E-state index contributed by atoms with van der Waals surface area (Å²) in [6.45, 7) is 0. The van der Waals surface area contributed by atoms with E-state index in [4.69, 9.17) is 9.15 Å². The Morgan fingerprint density at radius 2 is 1.59 bits per heavy atom. The van der Waals surface area contributed by atoms with Gasteiger partial charge in [0, 0.05) is 10.9 Å². The van der Waals surface area contributed by atoms with Gasteiger partial charge >= 0.3 is 0 Å². The molecule has 0 saturated carbocycles. The zero-order valence-corrected chi connectivity index (χ0v) is 17.0. The van der Waals surface area contributed by atoms with Crippen molar-refractivity contribution < 1.29 is 19.1 Å². The van der Waals surface area contributed by atoms with Gasteiger partial charge in [0.1, 0.15) is 22.8 Å². The second-order valence-corrected chi connectivity index (χ2v) is 7.46. The number of rotatable bonds is 4. The summed E-state index contributed by atoms with van der Waals surface area (Å²) in [4.78, 5) is 12.7. The van der Waals surface area contributed by atoms with E-state index in [2.05, 4.69) is 31.9 Å². The maximum Gasteiger partial charge on any atom is 0.228 e. The van der Waals surface area contributed by atoms with E-state index >= 15 is 0 Å². The van der Waals surface area contributed by atoms with Gasteiger partial charge in [-0.15, -0.1) is 0 Å². The number of fused-ring (bicyclic) bond motifs is 1. The molecular formula is C21H12Br2O4. The molecule has 1 heterocycles. The van der Waals surface area contributed by atoms with Crippen molar-refractivity contribution in [2.24, 2.45) is 0 Å². The van der Waals surface area contributed by atoms with Crippen LogP contribution in [-0.2, 0) is 0 Å². The van der Waals surface area contributed by atoms with Gasteiger partial charge in [-0.05, 0) is 80.4 Å². The zero-order chi connectivity index (χ0) is 19.0. The molecule has 1 aromatic heterocycles. The average molecular weight is 488 g/mol. The Kier molecular flexibility index (Phi) is 4.76. The molecule has 27 heavy (non-hydrogen) atoms. The molecular weight excluding hydrogens is 476 g/mol. The summed E-state index contributed by atoms with van der Waals surface area (Å²) in [7, 11) is 0. The van der Waals surface area contributed by atoms with Gasteiger partial charge in [0.15, 0.2) is 5.76 Å². The molecule has 0 saturated heterocycles. The van der Waals surface area contributed by atoms with Crippen LogP contribution in [0.5, 0.6) is 17.2 Å². The number of hydrogen-bond acceptors (Lipinski definition) is 4. The van der Waals surface area contributed by atoms with Crippen molar-refractivity contribution in [2.45, 2.75) is 0 Å². The first-order valence-corrected chi connectivity index (χ1v) is 9.59. The van der Waals surface area contributed by atoms with Crippen LogP contribution >= 0.6 is 31.9 Å². The Balaban J connectivity index is 1.61. The van der Waals surface area contributed by atoms with Crippen molar-refractivity contribution in [3.63, 3.8) is 0 Å². The van der Waals surface area contributed by atoms with Crippen molar-refractivity contribution in [3.05, 3.63) is 87.0 Å². The standard InChI is InChI=1S/C21H12Br2O4/c22-16-11-17-15(19(23)21(16)25)10-18(27-17)20(24)12-6-8-14(9-7-12)26-13-4-2-1-3-5-13/h1-11,25H. The summed E-state index contributed by atoms with van der Waals surface area (Å²) in [6.07, 6.45) is 0. The molecule has 0 aliphatic heterocycles. The number of carbonyl (C=O) groups excluding carboxylic acids is 1. The smallest absolute Gasteiger partial charge is 0.228 e. The van der Waals surface area contributed by atoms with Crippen molar-refractivity contribution in [1.82, 2.24) is 0 Å². The Morgan fingerprint density at radius 3 is 2.30 bits per heavy atom. The molecule has 0 spiro atoms. The lowest BCUT2D eigenvalue weighted by Crippen LogP contribution is -1.99. The first-order chi connectivity index (χ1) is 13.0. The molecule has 1 N–H and O–H groups in total. The van der Waals surface area contributed by atoms with E-state index in [1.807, 2.05) is 30.3 Å². The van der Waals surface area contributed by atoms with E-state index in [9.17, 15) is 9.90 Å². The number of para-hydroxylation sites is 1. The second-order valence-electron chi connectivity index (χ2n) is 5.81. The number of phenolic OH excluding ortho intramolecular Hbond substituents is 1. The molecule has 0 aliphatic rings. The summed E-state index contributed by atoms with van der Waals surface area (Å²) >= 11 is 6.58.